The van der Waals surface area contributed by atoms with Gasteiger partial charge in [-0.05, 0) is 20.3 Å². The molecular weight excluding hydrogens is 208 g/mol. The first-order valence-electron chi connectivity index (χ1n) is 5.74. The van der Waals surface area contributed by atoms with E-state index < -0.39 is 11.5 Å². The Labute approximate surface area is 96.6 Å². The van der Waals surface area contributed by atoms with Gasteiger partial charge in [0.25, 0.3) is 0 Å². The maximum absolute atomic E-state index is 11.0. The molecule has 0 spiro atoms. The zero-order valence-electron chi connectivity index (χ0n) is 10.3. The molecule has 1 aliphatic rings. The number of ether oxygens (including phenoxy) is 1. The van der Waals surface area contributed by atoms with Crippen LogP contribution in [0.4, 0.5) is 0 Å². The first-order chi connectivity index (χ1) is 7.36. The van der Waals surface area contributed by atoms with Crippen LogP contribution in [0.3, 0.4) is 0 Å². The van der Waals surface area contributed by atoms with Gasteiger partial charge in [0.1, 0.15) is 5.54 Å². The topological polar surface area (TPSA) is 75.8 Å². The number of nitrogens with zero attached hydrogens (tertiary/aromatic N) is 1. The molecular formula is C11H22N2O3. The van der Waals surface area contributed by atoms with Crippen LogP contribution in [-0.2, 0) is 9.53 Å². The number of hydrogen-bond acceptors (Lipinski definition) is 4. The maximum atomic E-state index is 11.0. The second kappa shape index (κ2) is 5.12. The molecule has 3 atom stereocenters. The molecule has 0 amide bonds. The molecule has 0 aliphatic carbocycles. The summed E-state index contributed by atoms with van der Waals surface area (Å²) < 4.78 is 5.56. The fourth-order valence-electron chi connectivity index (χ4n) is 1.97. The van der Waals surface area contributed by atoms with Gasteiger partial charge in [0.15, 0.2) is 0 Å². The number of rotatable bonds is 4. The predicted octanol–water partition coefficient (Wildman–Crippen LogP) is 0.288. The third-order valence-electron chi connectivity index (χ3n) is 3.07. The van der Waals surface area contributed by atoms with Gasteiger partial charge in [0.05, 0.1) is 12.7 Å². The van der Waals surface area contributed by atoms with Gasteiger partial charge in [0.2, 0.25) is 0 Å². The molecule has 16 heavy (non-hydrogen) atoms. The minimum Gasteiger partial charge on any atom is -0.480 e. The number of aliphatic carboxylic acids is 1. The van der Waals surface area contributed by atoms with Crippen molar-refractivity contribution in [1.82, 2.24) is 4.90 Å². The smallest absolute Gasteiger partial charge is 0.324 e. The molecule has 3 unspecified atom stereocenters. The largest absolute Gasteiger partial charge is 0.480 e. The molecule has 1 aliphatic heterocycles. The van der Waals surface area contributed by atoms with Crippen LogP contribution in [-0.4, -0.2) is 53.4 Å². The Balaban J connectivity index is 2.65. The van der Waals surface area contributed by atoms with Crippen LogP contribution in [0.25, 0.3) is 0 Å². The summed E-state index contributed by atoms with van der Waals surface area (Å²) in [4.78, 5) is 13.1. The molecule has 0 aromatic heterocycles. The second-order valence-electron chi connectivity index (χ2n) is 4.86. The highest BCUT2D eigenvalue weighted by Crippen LogP contribution is 2.17. The highest BCUT2D eigenvalue weighted by molar-refractivity contribution is 5.78. The molecule has 0 aromatic rings. The molecule has 1 heterocycles. The van der Waals surface area contributed by atoms with E-state index in [1.807, 2.05) is 6.92 Å². The van der Waals surface area contributed by atoms with Gasteiger partial charge < -0.3 is 15.6 Å². The first-order valence-corrected chi connectivity index (χ1v) is 5.74. The van der Waals surface area contributed by atoms with Gasteiger partial charge in [0, 0.05) is 19.1 Å². The third kappa shape index (κ3) is 3.17. The molecule has 1 saturated heterocycles. The van der Waals surface area contributed by atoms with Gasteiger partial charge in [-0.25, -0.2) is 0 Å². The minimum absolute atomic E-state index is 0.146. The van der Waals surface area contributed by atoms with E-state index in [9.17, 15) is 4.79 Å². The van der Waals surface area contributed by atoms with Gasteiger partial charge in [-0.3, -0.25) is 9.69 Å². The molecule has 0 aromatic carbocycles. The molecule has 3 N–H and O–H groups in total. The Morgan fingerprint density at radius 3 is 2.81 bits per heavy atom. The van der Waals surface area contributed by atoms with E-state index in [0.717, 1.165) is 13.0 Å². The predicted molar refractivity (Wildman–Crippen MR) is 61.3 cm³/mol. The van der Waals surface area contributed by atoms with Gasteiger partial charge in [-0.15, -0.1) is 0 Å². The van der Waals surface area contributed by atoms with Gasteiger partial charge >= 0.3 is 5.97 Å². The molecule has 1 rings (SSSR count). The van der Waals surface area contributed by atoms with E-state index in [0.29, 0.717) is 13.2 Å². The van der Waals surface area contributed by atoms with Crippen molar-refractivity contribution in [2.75, 3.05) is 19.7 Å². The lowest BCUT2D eigenvalue weighted by molar-refractivity contribution is -0.145. The number of hydrogen-bond donors (Lipinski definition) is 2. The van der Waals surface area contributed by atoms with E-state index in [-0.39, 0.29) is 12.1 Å². The van der Waals surface area contributed by atoms with Crippen LogP contribution in [0.2, 0.25) is 0 Å². The van der Waals surface area contributed by atoms with Crippen molar-refractivity contribution in [3.8, 4) is 0 Å². The molecule has 5 heteroatoms. The summed E-state index contributed by atoms with van der Waals surface area (Å²) in [5.41, 5.74) is 4.58. The molecule has 94 valence electrons. The maximum Gasteiger partial charge on any atom is 0.324 e. The van der Waals surface area contributed by atoms with Crippen molar-refractivity contribution < 1.29 is 14.6 Å². The lowest BCUT2D eigenvalue weighted by Crippen LogP contribution is -2.59. The van der Waals surface area contributed by atoms with Crippen LogP contribution in [0.15, 0.2) is 0 Å². The van der Waals surface area contributed by atoms with Crippen LogP contribution in [0, 0.1) is 0 Å². The molecule has 0 radical (unpaired) electrons. The summed E-state index contributed by atoms with van der Waals surface area (Å²) in [5.74, 6) is -0.957. The van der Waals surface area contributed by atoms with Crippen molar-refractivity contribution in [2.45, 2.75) is 44.9 Å². The summed E-state index contributed by atoms with van der Waals surface area (Å²) in [5, 5.41) is 9.01. The fourth-order valence-corrected chi connectivity index (χ4v) is 1.97. The average Bonchev–Trinajstić information content (AvgIpc) is 2.17. The van der Waals surface area contributed by atoms with E-state index in [2.05, 4.69) is 11.8 Å². The summed E-state index contributed by atoms with van der Waals surface area (Å²) in [7, 11) is 0. The summed E-state index contributed by atoms with van der Waals surface area (Å²) in [6, 6.07) is 0.276. The number of morpholine rings is 1. The highest BCUT2D eigenvalue weighted by atomic mass is 16.5. The Kier molecular flexibility index (Phi) is 4.29. The van der Waals surface area contributed by atoms with Crippen molar-refractivity contribution in [3.05, 3.63) is 0 Å². The number of carbonyl (C=O) groups is 1. The molecule has 0 saturated carbocycles. The second-order valence-corrected chi connectivity index (χ2v) is 4.86. The molecule has 0 bridgehead atoms. The lowest BCUT2D eigenvalue weighted by Gasteiger charge is -2.41. The Hall–Kier alpha value is -0.650. The fraction of sp³-hybridized carbons (Fsp3) is 0.909. The summed E-state index contributed by atoms with van der Waals surface area (Å²) >= 11 is 0. The lowest BCUT2D eigenvalue weighted by atomic mass is 10.0. The van der Waals surface area contributed by atoms with Crippen LogP contribution in [0.1, 0.15) is 27.2 Å². The van der Waals surface area contributed by atoms with Crippen LogP contribution < -0.4 is 5.73 Å². The van der Waals surface area contributed by atoms with E-state index >= 15 is 0 Å². The average molecular weight is 230 g/mol. The van der Waals surface area contributed by atoms with Crippen molar-refractivity contribution in [3.63, 3.8) is 0 Å². The number of nitrogens with two attached hydrogens (primary N) is 1. The number of carboxylic acids is 1. The van der Waals surface area contributed by atoms with Gasteiger partial charge in [-0.1, -0.05) is 6.92 Å². The first kappa shape index (κ1) is 13.4. The quantitative estimate of drug-likeness (QED) is 0.726. The zero-order chi connectivity index (χ0) is 12.3. The van der Waals surface area contributed by atoms with Crippen molar-refractivity contribution in [1.29, 1.82) is 0 Å². The van der Waals surface area contributed by atoms with E-state index in [1.165, 1.54) is 0 Å². The normalized spacial score (nSPS) is 31.0. The van der Waals surface area contributed by atoms with Gasteiger partial charge in [-0.2, -0.15) is 0 Å². The van der Waals surface area contributed by atoms with E-state index in [1.54, 1.807) is 6.92 Å². The standard InChI is InChI=1S/C11H22N2O3/c1-4-9-6-16-8(2)5-13(9)7-11(3,12)10(14)15/h8-9H,4-7,12H2,1-3H3,(H,14,15). The third-order valence-corrected chi connectivity index (χ3v) is 3.07. The molecule has 1 fully saturated rings. The monoisotopic (exact) mass is 230 g/mol. The Bertz CT molecular complexity index is 256. The highest BCUT2D eigenvalue weighted by Gasteiger charge is 2.35. The van der Waals surface area contributed by atoms with E-state index in [4.69, 9.17) is 15.6 Å². The van der Waals surface area contributed by atoms with Crippen molar-refractivity contribution >= 4 is 5.97 Å². The van der Waals surface area contributed by atoms with Crippen LogP contribution in [0.5, 0.6) is 0 Å². The van der Waals surface area contributed by atoms with Crippen LogP contribution >= 0.6 is 0 Å². The number of carboxylic acid groups (broad SMARTS) is 1. The Morgan fingerprint density at radius 2 is 2.31 bits per heavy atom. The molecule has 5 nitrogen and oxygen atoms in total. The Morgan fingerprint density at radius 1 is 1.69 bits per heavy atom. The zero-order valence-corrected chi connectivity index (χ0v) is 10.3. The van der Waals surface area contributed by atoms with Crippen molar-refractivity contribution in [2.24, 2.45) is 5.73 Å². The summed E-state index contributed by atoms with van der Waals surface area (Å²) in [6.45, 7) is 7.40. The summed E-state index contributed by atoms with van der Waals surface area (Å²) in [6.07, 6.45) is 1.09. The minimum atomic E-state index is -1.19. The SMILES string of the molecule is CCC1COC(C)CN1CC(C)(N)C(=O)O.